The zero-order valence-electron chi connectivity index (χ0n) is 20.8. The fourth-order valence-corrected chi connectivity index (χ4v) is 6.41. The van der Waals surface area contributed by atoms with Crippen molar-refractivity contribution < 1.29 is 4.74 Å². The number of nitrogens with zero attached hydrogens (tertiary/aromatic N) is 5. The topological polar surface area (TPSA) is 142 Å². The van der Waals surface area contributed by atoms with Crippen LogP contribution >= 0.6 is 51.6 Å². The highest BCUT2D eigenvalue weighted by molar-refractivity contribution is 14.2. The number of halogens is 3. The summed E-state index contributed by atoms with van der Waals surface area (Å²) in [4.78, 5) is 6.08. The van der Waals surface area contributed by atoms with Crippen molar-refractivity contribution in [1.82, 2.24) is 25.4 Å². The van der Waals surface area contributed by atoms with Crippen molar-refractivity contribution in [2.45, 2.75) is 25.0 Å². The average Bonchev–Trinajstić information content (AvgIpc) is 3.40. The molecular weight excluding hydrogens is 671 g/mol. The zero-order chi connectivity index (χ0) is 27.6. The van der Waals surface area contributed by atoms with Gasteiger partial charge in [0.25, 0.3) is 0 Å². The van der Waals surface area contributed by atoms with Crippen LogP contribution < -0.4 is 20.5 Å². The minimum absolute atomic E-state index is 0.223. The Morgan fingerprint density at radius 1 is 1.23 bits per heavy atom. The third-order valence-corrected chi connectivity index (χ3v) is 8.17. The lowest BCUT2D eigenvalue weighted by molar-refractivity contribution is 0.227. The first-order valence-electron chi connectivity index (χ1n) is 11.9. The maximum absolute atomic E-state index is 8.92. The van der Waals surface area contributed by atoms with E-state index in [9.17, 15) is 0 Å². The van der Waals surface area contributed by atoms with E-state index in [1.54, 1.807) is 12.3 Å². The first kappa shape index (κ1) is 28.0. The van der Waals surface area contributed by atoms with Gasteiger partial charge < -0.3 is 20.5 Å². The molecule has 0 spiro atoms. The normalized spacial score (nSPS) is 15.3. The van der Waals surface area contributed by atoms with Gasteiger partial charge in [0, 0.05) is 67.0 Å². The summed E-state index contributed by atoms with van der Waals surface area (Å²) in [6.07, 6.45) is 5.49. The highest BCUT2D eigenvalue weighted by Gasteiger charge is 2.40. The van der Waals surface area contributed by atoms with Crippen LogP contribution in [0.1, 0.15) is 35.5 Å². The molecule has 4 heterocycles. The quantitative estimate of drug-likeness (QED) is 0.0959. The number of nitrogens with two attached hydrogens (primary N) is 1. The van der Waals surface area contributed by atoms with Gasteiger partial charge in [-0.05, 0) is 65.4 Å². The number of hydrogen-bond acceptors (Lipinski definition) is 9. The Morgan fingerprint density at radius 3 is 2.64 bits per heavy atom. The van der Waals surface area contributed by atoms with Gasteiger partial charge >= 0.3 is 0 Å². The zero-order valence-corrected chi connectivity index (χ0v) is 25.4. The minimum Gasteiger partial charge on any atom is -0.486 e. The molecule has 0 amide bonds. The number of H-pyrrole nitrogens is 1. The molecule has 0 aliphatic carbocycles. The van der Waals surface area contributed by atoms with E-state index in [2.05, 4.69) is 57.4 Å². The van der Waals surface area contributed by atoms with Gasteiger partial charge in [0.2, 0.25) is 0 Å². The second kappa shape index (κ2) is 11.9. The molecule has 1 aromatic carbocycles. The Morgan fingerprint density at radius 2 is 2.00 bits per heavy atom. The van der Waals surface area contributed by atoms with E-state index >= 15 is 0 Å². The van der Waals surface area contributed by atoms with E-state index in [4.69, 9.17) is 39.1 Å². The molecule has 202 valence electrons. The first-order valence-corrected chi connectivity index (χ1v) is 16.8. The van der Waals surface area contributed by atoms with E-state index in [0.717, 1.165) is 17.2 Å². The maximum Gasteiger partial charge on any atom is 0.151 e. The van der Waals surface area contributed by atoms with Gasteiger partial charge in [-0.2, -0.15) is 5.10 Å². The Balaban J connectivity index is 1.31. The van der Waals surface area contributed by atoms with Crippen LogP contribution in [0, 0.1) is 5.41 Å². The molecule has 1 aliphatic heterocycles. The molecule has 1 aliphatic rings. The van der Waals surface area contributed by atoms with Crippen molar-refractivity contribution in [2.24, 2.45) is 5.73 Å². The van der Waals surface area contributed by atoms with Crippen LogP contribution in [-0.4, -0.2) is 49.7 Å². The van der Waals surface area contributed by atoms with Crippen LogP contribution in [0.5, 0.6) is 5.75 Å². The van der Waals surface area contributed by atoms with Crippen molar-refractivity contribution >= 4 is 68.8 Å². The number of anilines is 2. The summed E-state index contributed by atoms with van der Waals surface area (Å²) < 4.78 is 6.17. The molecule has 5 N–H and O–H groups in total. The summed E-state index contributed by atoms with van der Waals surface area (Å²) in [5.41, 5.74) is 9.94. The van der Waals surface area contributed by atoms with Gasteiger partial charge in [0.05, 0.1) is 21.3 Å². The minimum atomic E-state index is -0.432. The fourth-order valence-electron chi connectivity index (χ4n) is 4.55. The summed E-state index contributed by atoms with van der Waals surface area (Å²) in [6.45, 7) is 3.18. The third-order valence-electron chi connectivity index (χ3n) is 6.40. The molecule has 1 unspecified atom stereocenters. The van der Waals surface area contributed by atoms with Crippen molar-refractivity contribution in [3.8, 4) is 5.75 Å². The largest absolute Gasteiger partial charge is 0.486 e. The molecule has 1 saturated heterocycles. The summed E-state index contributed by atoms with van der Waals surface area (Å²) in [5.74, 6) is 1.29. The molecule has 5 rings (SSSR count). The van der Waals surface area contributed by atoms with Crippen LogP contribution in [0.15, 0.2) is 55.0 Å². The molecule has 39 heavy (non-hydrogen) atoms. The Bertz CT molecular complexity index is 1450. The smallest absolute Gasteiger partial charge is 0.151 e. The van der Waals surface area contributed by atoms with E-state index < -0.39 is 6.10 Å². The van der Waals surface area contributed by atoms with Gasteiger partial charge in [-0.15, -0.1) is 10.2 Å². The molecule has 14 heteroatoms. The van der Waals surface area contributed by atoms with Crippen LogP contribution in [0.4, 0.5) is 11.5 Å². The van der Waals surface area contributed by atoms with Gasteiger partial charge in [0.1, 0.15) is 17.5 Å². The van der Waals surface area contributed by atoms with E-state index in [1.165, 1.54) is 12.4 Å². The van der Waals surface area contributed by atoms with E-state index in [-0.39, 0.29) is 11.3 Å². The highest BCUT2D eigenvalue weighted by atomic mass is 127. The lowest BCUT2D eigenvalue weighted by Gasteiger charge is -2.48. The molecule has 4 aromatic rings. The molecule has 0 bridgehead atoms. The predicted octanol–water partition coefficient (Wildman–Crippen LogP) is 5.57. The molecule has 3 aromatic heterocycles. The molecule has 10 nitrogen and oxygen atoms in total. The number of rotatable bonds is 10. The Hall–Kier alpha value is -2.57. The van der Waals surface area contributed by atoms with Crippen LogP contribution in [0.3, 0.4) is 0 Å². The molecule has 0 radical (unpaired) electrons. The first-order chi connectivity index (χ1) is 18.8. The second-order valence-corrected chi connectivity index (χ2v) is 12.2. The van der Waals surface area contributed by atoms with Crippen LogP contribution in [0.25, 0.3) is 0 Å². The number of aromatic amines is 1. The number of nitrogens with one attached hydrogen (secondary N) is 3. The van der Waals surface area contributed by atoms with Crippen LogP contribution in [0.2, 0.25) is 10.0 Å². The van der Waals surface area contributed by atoms with Crippen molar-refractivity contribution in [3.05, 3.63) is 87.5 Å². The van der Waals surface area contributed by atoms with Gasteiger partial charge in [-0.3, -0.25) is 15.5 Å². The van der Waals surface area contributed by atoms with Gasteiger partial charge in [-0.25, -0.2) is 0 Å². The highest BCUT2D eigenvalue weighted by Crippen LogP contribution is 2.35. The van der Waals surface area contributed by atoms with Gasteiger partial charge in [0.15, 0.2) is 5.82 Å². The summed E-state index contributed by atoms with van der Waals surface area (Å²) >= 11 is 14.9. The van der Waals surface area contributed by atoms with Crippen LogP contribution in [-0.2, 0) is 6.42 Å². The predicted molar refractivity (Wildman–Crippen MR) is 165 cm³/mol. The number of ether oxygens (including phenoxy) is 1. The third kappa shape index (κ3) is 6.28. The molecule has 2 atom stereocenters. The van der Waals surface area contributed by atoms with E-state index in [1.807, 2.05) is 37.3 Å². The average molecular weight is 696 g/mol. The second-order valence-electron chi connectivity index (χ2n) is 9.33. The number of aromatic nitrogens is 5. The number of hydrogen-bond donors (Lipinski definition) is 4. The lowest BCUT2D eigenvalue weighted by atomic mass is 9.86. The van der Waals surface area contributed by atoms with Crippen molar-refractivity contribution in [2.75, 3.05) is 23.1 Å². The van der Waals surface area contributed by atoms with E-state index in [0.29, 0.717) is 58.5 Å². The lowest BCUT2D eigenvalue weighted by Crippen LogP contribution is -2.69. The molecular formula is C25H25Cl2IN9OP. The fraction of sp³-hybridized carbons (Fsp3) is 0.240. The summed E-state index contributed by atoms with van der Waals surface area (Å²) in [6, 6.07) is 11.1. The monoisotopic (exact) mass is 695 g/mol. The SMILES string of the molecule is C[C@@H](Oc1ccc(NPI)c(C(=N)c2ccc(N3CC(N)(Cc4ccn[nH]4)C3)nn2)c1)c1c(Cl)cncc1Cl. The Labute approximate surface area is 250 Å². The standard InChI is InChI=1S/C25H25Cl2IN9OP/c1-14(23-18(26)10-31-11-19(23)27)38-16-2-3-20(36-39-28)17(8-16)24(29)21-4-5-22(35-34-21)37-12-25(30,13-37)9-15-6-7-32-33-15/h2-8,10-11,14,29,36,39H,9,12-13,30H2,1H3,(H,32,33)/t14-/m1/s1. The molecule has 1 fully saturated rings. The van der Waals surface area contributed by atoms with Gasteiger partial charge in [-0.1, -0.05) is 23.2 Å². The number of benzene rings is 1. The summed E-state index contributed by atoms with van der Waals surface area (Å²) in [7, 11) is 0. The maximum atomic E-state index is 8.92. The molecule has 0 saturated carbocycles. The summed E-state index contributed by atoms with van der Waals surface area (Å²) in [5, 5.41) is 28.8. The van der Waals surface area contributed by atoms with Crippen molar-refractivity contribution in [1.29, 1.82) is 5.41 Å². The Kier molecular flexibility index (Phi) is 8.53. The number of pyridine rings is 1. The van der Waals surface area contributed by atoms with Crippen molar-refractivity contribution in [3.63, 3.8) is 0 Å².